The van der Waals surface area contributed by atoms with Crippen molar-refractivity contribution in [2.24, 2.45) is 0 Å². The van der Waals surface area contributed by atoms with Gasteiger partial charge in [0.15, 0.2) is 5.82 Å². The van der Waals surface area contributed by atoms with Crippen molar-refractivity contribution in [2.75, 3.05) is 13.7 Å². The van der Waals surface area contributed by atoms with E-state index in [1.807, 2.05) is 12.1 Å². The molecule has 114 valence electrons. The maximum atomic E-state index is 13.0. The standard InChI is InChI=1S/C15H19FN2O2S/c1-3-13(11-4-6-12(16)7-5-11)21-10-15-17-14(18-20-15)8-9-19-2/h4-7,13H,3,8-10H2,1-2H3. The number of aromatic nitrogens is 2. The van der Waals surface area contributed by atoms with Gasteiger partial charge in [0, 0.05) is 18.8 Å². The molecule has 0 amide bonds. The van der Waals surface area contributed by atoms with E-state index < -0.39 is 0 Å². The van der Waals surface area contributed by atoms with Crippen LogP contribution >= 0.6 is 11.8 Å². The van der Waals surface area contributed by atoms with Gasteiger partial charge in [-0.2, -0.15) is 4.98 Å². The molecule has 0 fully saturated rings. The summed E-state index contributed by atoms with van der Waals surface area (Å²) in [5.41, 5.74) is 1.11. The van der Waals surface area contributed by atoms with E-state index in [4.69, 9.17) is 9.26 Å². The Balaban J connectivity index is 1.90. The summed E-state index contributed by atoms with van der Waals surface area (Å²) in [6, 6.07) is 6.64. The highest BCUT2D eigenvalue weighted by atomic mass is 32.2. The Hall–Kier alpha value is -1.40. The molecule has 0 radical (unpaired) electrons. The molecule has 1 aromatic heterocycles. The molecular formula is C15H19FN2O2S. The molecule has 0 saturated carbocycles. The molecule has 0 aliphatic carbocycles. The molecule has 0 bridgehead atoms. The molecule has 0 aliphatic heterocycles. The van der Waals surface area contributed by atoms with E-state index in [0.717, 1.165) is 12.0 Å². The monoisotopic (exact) mass is 310 g/mol. The van der Waals surface area contributed by atoms with Gasteiger partial charge < -0.3 is 9.26 Å². The molecule has 4 nitrogen and oxygen atoms in total. The van der Waals surface area contributed by atoms with Crippen LogP contribution in [0.4, 0.5) is 4.39 Å². The fourth-order valence-corrected chi connectivity index (χ4v) is 2.99. The average molecular weight is 310 g/mol. The van der Waals surface area contributed by atoms with Gasteiger partial charge in [-0.3, -0.25) is 0 Å². The van der Waals surface area contributed by atoms with Crippen LogP contribution < -0.4 is 0 Å². The maximum absolute atomic E-state index is 13.0. The third-order valence-electron chi connectivity index (χ3n) is 3.06. The van der Waals surface area contributed by atoms with E-state index in [1.165, 1.54) is 12.1 Å². The fraction of sp³-hybridized carbons (Fsp3) is 0.467. The van der Waals surface area contributed by atoms with E-state index in [0.29, 0.717) is 35.7 Å². The van der Waals surface area contributed by atoms with Crippen LogP contribution in [0.25, 0.3) is 0 Å². The highest BCUT2D eigenvalue weighted by Gasteiger charge is 2.13. The number of hydrogen-bond acceptors (Lipinski definition) is 5. The molecule has 1 aromatic carbocycles. The summed E-state index contributed by atoms with van der Waals surface area (Å²) in [5.74, 6) is 1.72. The molecule has 2 aromatic rings. The van der Waals surface area contributed by atoms with Crippen LogP contribution in [0.2, 0.25) is 0 Å². The molecule has 0 saturated heterocycles. The number of thioether (sulfide) groups is 1. The lowest BCUT2D eigenvalue weighted by Gasteiger charge is -2.13. The quantitative estimate of drug-likeness (QED) is 0.742. The summed E-state index contributed by atoms with van der Waals surface area (Å²) in [7, 11) is 1.64. The Labute approximate surface area is 128 Å². The van der Waals surface area contributed by atoms with Crippen molar-refractivity contribution >= 4 is 11.8 Å². The molecular weight excluding hydrogens is 291 g/mol. The van der Waals surface area contributed by atoms with Crippen molar-refractivity contribution in [3.8, 4) is 0 Å². The highest BCUT2D eigenvalue weighted by Crippen LogP contribution is 2.33. The predicted octanol–water partition coefficient (Wildman–Crippen LogP) is 3.78. The van der Waals surface area contributed by atoms with Gasteiger partial charge in [0.25, 0.3) is 0 Å². The Kier molecular flexibility index (Phi) is 6.20. The minimum Gasteiger partial charge on any atom is -0.384 e. The van der Waals surface area contributed by atoms with Gasteiger partial charge in [-0.1, -0.05) is 24.2 Å². The van der Waals surface area contributed by atoms with E-state index in [2.05, 4.69) is 17.1 Å². The molecule has 6 heteroatoms. The Morgan fingerprint density at radius 1 is 1.33 bits per heavy atom. The van der Waals surface area contributed by atoms with Crippen molar-refractivity contribution in [1.82, 2.24) is 10.1 Å². The van der Waals surface area contributed by atoms with Crippen LogP contribution in [0.1, 0.15) is 35.9 Å². The normalized spacial score (nSPS) is 12.5. The summed E-state index contributed by atoms with van der Waals surface area (Å²) in [5, 5.41) is 4.20. The molecule has 0 aliphatic rings. The van der Waals surface area contributed by atoms with Crippen LogP contribution in [0.5, 0.6) is 0 Å². The lowest BCUT2D eigenvalue weighted by atomic mass is 10.1. The van der Waals surface area contributed by atoms with Crippen LogP contribution in [-0.2, 0) is 16.9 Å². The summed E-state index contributed by atoms with van der Waals surface area (Å²) in [6.45, 7) is 2.69. The SMILES string of the molecule is CCC(SCc1nc(CCOC)no1)c1ccc(F)cc1. The first-order chi connectivity index (χ1) is 10.2. The van der Waals surface area contributed by atoms with Crippen molar-refractivity contribution in [1.29, 1.82) is 0 Å². The number of rotatable bonds is 8. The maximum Gasteiger partial charge on any atom is 0.236 e. The average Bonchev–Trinajstić information content (AvgIpc) is 2.95. The van der Waals surface area contributed by atoms with Gasteiger partial charge in [0.1, 0.15) is 5.82 Å². The highest BCUT2D eigenvalue weighted by molar-refractivity contribution is 7.98. The summed E-state index contributed by atoms with van der Waals surface area (Å²) >= 11 is 1.72. The fourth-order valence-electron chi connectivity index (χ4n) is 1.94. The van der Waals surface area contributed by atoms with E-state index in [-0.39, 0.29) is 5.82 Å². The topological polar surface area (TPSA) is 48.2 Å². The van der Waals surface area contributed by atoms with Gasteiger partial charge in [0.05, 0.1) is 12.4 Å². The number of halogens is 1. The minimum absolute atomic E-state index is 0.210. The zero-order valence-corrected chi connectivity index (χ0v) is 13.0. The number of nitrogens with zero attached hydrogens (tertiary/aromatic N) is 2. The van der Waals surface area contributed by atoms with E-state index in [1.54, 1.807) is 18.9 Å². The van der Waals surface area contributed by atoms with Crippen LogP contribution in [0.3, 0.4) is 0 Å². The van der Waals surface area contributed by atoms with Crippen molar-refractivity contribution < 1.29 is 13.7 Å². The second-order valence-electron chi connectivity index (χ2n) is 4.61. The van der Waals surface area contributed by atoms with Gasteiger partial charge in [-0.25, -0.2) is 4.39 Å². The zero-order chi connectivity index (χ0) is 15.1. The number of hydrogen-bond donors (Lipinski definition) is 0. The van der Waals surface area contributed by atoms with Crippen molar-refractivity contribution in [3.63, 3.8) is 0 Å². The number of ether oxygens (including phenoxy) is 1. The van der Waals surface area contributed by atoms with Gasteiger partial charge >= 0.3 is 0 Å². The smallest absolute Gasteiger partial charge is 0.236 e. The van der Waals surface area contributed by atoms with Gasteiger partial charge in [-0.05, 0) is 24.1 Å². The third kappa shape index (κ3) is 4.82. The summed E-state index contributed by atoms with van der Waals surface area (Å²) in [4.78, 5) is 4.32. The first kappa shape index (κ1) is 16.0. The molecule has 2 rings (SSSR count). The first-order valence-corrected chi connectivity index (χ1v) is 7.95. The lowest BCUT2D eigenvalue weighted by Crippen LogP contribution is -1.97. The number of benzene rings is 1. The molecule has 0 spiro atoms. The van der Waals surface area contributed by atoms with E-state index >= 15 is 0 Å². The zero-order valence-electron chi connectivity index (χ0n) is 12.2. The molecule has 1 unspecified atom stereocenters. The summed E-state index contributed by atoms with van der Waals surface area (Å²) < 4.78 is 23.2. The van der Waals surface area contributed by atoms with Crippen LogP contribution in [-0.4, -0.2) is 23.9 Å². The van der Waals surface area contributed by atoms with E-state index in [9.17, 15) is 4.39 Å². The lowest BCUT2D eigenvalue weighted by molar-refractivity contribution is 0.199. The largest absolute Gasteiger partial charge is 0.384 e. The van der Waals surface area contributed by atoms with Gasteiger partial charge in [-0.15, -0.1) is 11.8 Å². The second-order valence-corrected chi connectivity index (χ2v) is 5.80. The second kappa shape index (κ2) is 8.14. The third-order valence-corrected chi connectivity index (χ3v) is 4.48. The van der Waals surface area contributed by atoms with Gasteiger partial charge in [0.2, 0.25) is 5.89 Å². The molecule has 0 N–H and O–H groups in total. The summed E-state index contributed by atoms with van der Waals surface area (Å²) in [6.07, 6.45) is 1.61. The molecule has 21 heavy (non-hydrogen) atoms. The Morgan fingerprint density at radius 2 is 2.10 bits per heavy atom. The van der Waals surface area contributed by atoms with Crippen molar-refractivity contribution in [3.05, 3.63) is 47.4 Å². The minimum atomic E-state index is -0.210. The van der Waals surface area contributed by atoms with Crippen LogP contribution in [0.15, 0.2) is 28.8 Å². The van der Waals surface area contributed by atoms with Crippen LogP contribution in [0, 0.1) is 5.82 Å². The molecule has 1 heterocycles. The predicted molar refractivity (Wildman–Crippen MR) is 80.6 cm³/mol. The Morgan fingerprint density at radius 3 is 2.76 bits per heavy atom. The first-order valence-electron chi connectivity index (χ1n) is 6.90. The molecule has 1 atom stereocenters. The van der Waals surface area contributed by atoms with Crippen molar-refractivity contribution in [2.45, 2.75) is 30.8 Å². The Bertz CT molecular complexity index is 545. The number of methoxy groups -OCH3 is 1.